The van der Waals surface area contributed by atoms with E-state index in [1.807, 2.05) is 0 Å². The Morgan fingerprint density at radius 3 is 1.86 bits per heavy atom. The van der Waals surface area contributed by atoms with Gasteiger partial charge >= 0.3 is 5.97 Å². The fraction of sp³-hybridized carbons (Fsp3) is 0.429. The van der Waals surface area contributed by atoms with Crippen molar-refractivity contribution in [2.45, 2.75) is 99.0 Å². The van der Waals surface area contributed by atoms with Crippen LogP contribution in [0.4, 0.5) is 0 Å². The lowest BCUT2D eigenvalue weighted by molar-refractivity contribution is -0.354. The Bertz CT molecular complexity index is 2340. The Labute approximate surface area is 361 Å². The lowest BCUT2D eigenvalue weighted by Crippen LogP contribution is -2.64. The molecular weight excluding hydrogens is 856 g/mol. The number of phenols is 3. The minimum absolute atomic E-state index is 0.0143. The highest BCUT2D eigenvalue weighted by Gasteiger charge is 2.52. The predicted molar refractivity (Wildman–Crippen MR) is 212 cm³/mol. The summed E-state index contributed by atoms with van der Waals surface area (Å²) in [4.78, 5) is 27.4. The molecular formula is C42H46O22. The van der Waals surface area contributed by atoms with Crippen LogP contribution in [0.25, 0.3) is 28.4 Å². The first-order valence-electron chi connectivity index (χ1n) is 19.7. The summed E-state index contributed by atoms with van der Waals surface area (Å²) in [5.74, 6) is -3.51. The molecule has 64 heavy (non-hydrogen) atoms. The van der Waals surface area contributed by atoms with Gasteiger partial charge in [-0.1, -0.05) is 12.1 Å². The lowest BCUT2D eigenvalue weighted by Gasteiger charge is -2.45. The number of esters is 1. The molecule has 4 heterocycles. The van der Waals surface area contributed by atoms with Crippen LogP contribution in [0, 0.1) is 0 Å². The molecule has 3 fully saturated rings. The molecule has 3 aliphatic rings. The van der Waals surface area contributed by atoms with Gasteiger partial charge in [0.2, 0.25) is 23.8 Å². The number of rotatable bonds is 12. The second-order valence-corrected chi connectivity index (χ2v) is 15.2. The molecule has 0 spiro atoms. The number of aromatic hydroxyl groups is 3. The highest BCUT2D eigenvalue weighted by molar-refractivity contribution is 5.89. The molecule has 0 aliphatic carbocycles. The number of carbonyl (C=O) groups is 1. The number of ether oxygens (including phenoxy) is 7. The molecule has 1 aromatic heterocycles. The Kier molecular flexibility index (Phi) is 14.1. The quantitative estimate of drug-likeness (QED) is 0.0543. The highest BCUT2D eigenvalue weighted by Crippen LogP contribution is 2.39. The Morgan fingerprint density at radius 2 is 1.25 bits per heavy atom. The average Bonchev–Trinajstić information content (AvgIpc) is 3.27. The van der Waals surface area contributed by atoms with Crippen LogP contribution in [0.1, 0.15) is 12.5 Å². The van der Waals surface area contributed by atoms with E-state index in [2.05, 4.69) is 0 Å². The molecule has 4 aromatic rings. The van der Waals surface area contributed by atoms with Crippen molar-refractivity contribution in [2.75, 3.05) is 13.2 Å². The topological polar surface area (TPSA) is 355 Å². The zero-order chi connectivity index (χ0) is 46.1. The third kappa shape index (κ3) is 9.50. The van der Waals surface area contributed by atoms with E-state index in [9.17, 15) is 70.9 Å². The third-order valence-electron chi connectivity index (χ3n) is 10.8. The molecule has 22 nitrogen and oxygen atoms in total. The number of benzene rings is 3. The Morgan fingerprint density at radius 1 is 0.672 bits per heavy atom. The van der Waals surface area contributed by atoms with Gasteiger partial charge < -0.3 is 98.9 Å². The van der Waals surface area contributed by atoms with Crippen LogP contribution in [-0.4, -0.2) is 173 Å². The number of aliphatic hydroxyl groups is 9. The largest absolute Gasteiger partial charge is 0.508 e. The first-order valence-corrected chi connectivity index (χ1v) is 19.7. The second-order valence-electron chi connectivity index (χ2n) is 15.2. The van der Waals surface area contributed by atoms with Gasteiger partial charge in [0.1, 0.15) is 88.9 Å². The molecule has 15 atom stereocenters. The van der Waals surface area contributed by atoms with E-state index in [1.54, 1.807) is 0 Å². The van der Waals surface area contributed by atoms with E-state index in [1.165, 1.54) is 61.5 Å². The summed E-state index contributed by atoms with van der Waals surface area (Å²) >= 11 is 0. The van der Waals surface area contributed by atoms with Crippen LogP contribution in [-0.2, 0) is 28.5 Å². The maximum Gasteiger partial charge on any atom is 0.331 e. The summed E-state index contributed by atoms with van der Waals surface area (Å²) in [5, 5.41) is 125. The number of carbonyl (C=O) groups excluding carboxylic acids is 1. The minimum atomic E-state index is -1.98. The third-order valence-corrected chi connectivity index (χ3v) is 10.8. The van der Waals surface area contributed by atoms with Crippen LogP contribution < -0.4 is 14.9 Å². The van der Waals surface area contributed by atoms with Crippen LogP contribution in [0.5, 0.6) is 28.7 Å². The van der Waals surface area contributed by atoms with Gasteiger partial charge in [-0.25, -0.2) is 4.79 Å². The molecule has 15 unspecified atom stereocenters. The maximum absolute atomic E-state index is 14.5. The van der Waals surface area contributed by atoms with Gasteiger partial charge in [-0.05, 0) is 55.0 Å². The van der Waals surface area contributed by atoms with Crippen molar-refractivity contribution in [3.8, 4) is 40.1 Å². The molecule has 0 radical (unpaired) electrons. The first kappa shape index (κ1) is 46.5. The van der Waals surface area contributed by atoms with Crippen molar-refractivity contribution in [1.82, 2.24) is 0 Å². The Hall–Kier alpha value is -5.44. The molecule has 346 valence electrons. The number of aliphatic hydroxyl groups excluding tert-OH is 9. The van der Waals surface area contributed by atoms with Crippen LogP contribution in [0.2, 0.25) is 0 Å². The normalized spacial score (nSPS) is 33.2. The van der Waals surface area contributed by atoms with Crippen molar-refractivity contribution in [3.05, 3.63) is 82.5 Å². The molecule has 3 aliphatic heterocycles. The van der Waals surface area contributed by atoms with Crippen molar-refractivity contribution in [3.63, 3.8) is 0 Å². The van der Waals surface area contributed by atoms with Gasteiger partial charge in [0.15, 0.2) is 24.3 Å². The van der Waals surface area contributed by atoms with Gasteiger partial charge in [0.05, 0.1) is 19.3 Å². The smallest absolute Gasteiger partial charge is 0.331 e. The summed E-state index contributed by atoms with van der Waals surface area (Å²) in [6, 6.07) is 12.8. The molecule has 7 rings (SSSR count). The van der Waals surface area contributed by atoms with Crippen LogP contribution in [0.15, 0.2) is 76.0 Å². The van der Waals surface area contributed by atoms with Crippen molar-refractivity contribution in [1.29, 1.82) is 0 Å². The second kappa shape index (κ2) is 19.3. The molecule has 0 amide bonds. The summed E-state index contributed by atoms with van der Waals surface area (Å²) in [6.07, 6.45) is -23.6. The monoisotopic (exact) mass is 902 g/mol. The van der Waals surface area contributed by atoms with Crippen molar-refractivity contribution < 1.29 is 104 Å². The molecule has 22 heteroatoms. The summed E-state index contributed by atoms with van der Waals surface area (Å²) < 4.78 is 46.1. The molecule has 3 saturated heterocycles. The van der Waals surface area contributed by atoms with E-state index in [0.29, 0.717) is 5.56 Å². The molecule has 0 bridgehead atoms. The number of hydrogen-bond acceptors (Lipinski definition) is 22. The number of hydrogen-bond donors (Lipinski definition) is 12. The van der Waals surface area contributed by atoms with Gasteiger partial charge in [0.25, 0.3) is 0 Å². The molecule has 12 N–H and O–H groups in total. The highest BCUT2D eigenvalue weighted by atomic mass is 16.8. The van der Waals surface area contributed by atoms with E-state index in [0.717, 1.165) is 18.2 Å². The molecule has 3 aromatic carbocycles. The molecule has 0 saturated carbocycles. The van der Waals surface area contributed by atoms with Crippen molar-refractivity contribution >= 4 is 23.0 Å². The van der Waals surface area contributed by atoms with Gasteiger partial charge in [-0.3, -0.25) is 4.79 Å². The lowest BCUT2D eigenvalue weighted by atomic mass is 9.97. The van der Waals surface area contributed by atoms with E-state index < -0.39 is 145 Å². The van der Waals surface area contributed by atoms with E-state index in [-0.39, 0.29) is 22.8 Å². The summed E-state index contributed by atoms with van der Waals surface area (Å²) in [7, 11) is 0. The van der Waals surface area contributed by atoms with Gasteiger partial charge in [-0.2, -0.15) is 0 Å². The maximum atomic E-state index is 14.5. The van der Waals surface area contributed by atoms with Gasteiger partial charge in [-0.15, -0.1) is 0 Å². The first-order chi connectivity index (χ1) is 30.5. The SMILES string of the molecule is CC1OC(OC2C(Oc3c(-c4ccc(O)cc4)oc4cc(OC5OC(CO)C(O)C(O)C5OC(=O)/C=C/c5ccc(O)cc5)cc(O)c4c3=O)OC(CO)C(O)C2O)C(O)C(O)C1O. The van der Waals surface area contributed by atoms with Crippen molar-refractivity contribution in [2.24, 2.45) is 0 Å². The average molecular weight is 903 g/mol. The Balaban J connectivity index is 1.24. The predicted octanol–water partition coefficient (Wildman–Crippen LogP) is -1.95. The summed E-state index contributed by atoms with van der Waals surface area (Å²) in [6.45, 7) is -0.344. The van der Waals surface area contributed by atoms with Crippen LogP contribution in [0.3, 0.4) is 0 Å². The van der Waals surface area contributed by atoms with E-state index in [4.69, 9.17) is 37.6 Å². The fourth-order valence-corrected chi connectivity index (χ4v) is 7.26. The summed E-state index contributed by atoms with van der Waals surface area (Å²) in [5.41, 5.74) is -0.934. The standard InChI is InChI=1S/C42H46O22/c1-16-28(49)32(53)35(56)40(57-16)64-39-34(55)30(51)25(15-44)61-42(39)63-37-31(52)27-22(47)12-21(13-23(27)59-36(37)18-5-9-20(46)10-6-18)58-41-38(33(54)29(50)24(14-43)60-41)62-26(48)11-4-17-2-7-19(45)8-3-17/h2-13,16,24-25,28-30,32-35,38-47,49-51,53-56H,14-15H2,1H3/b11-4+. The minimum Gasteiger partial charge on any atom is -0.508 e. The number of fused-ring (bicyclic) bond motifs is 1. The zero-order valence-electron chi connectivity index (χ0n) is 33.5. The van der Waals surface area contributed by atoms with Gasteiger partial charge in [0, 0.05) is 23.8 Å². The zero-order valence-corrected chi connectivity index (χ0v) is 33.5. The van der Waals surface area contributed by atoms with Crippen LogP contribution >= 0.6 is 0 Å². The number of phenolic OH excluding ortho intramolecular Hbond substituents is 3. The fourth-order valence-electron chi connectivity index (χ4n) is 7.26. The van der Waals surface area contributed by atoms with E-state index >= 15 is 0 Å².